The van der Waals surface area contributed by atoms with E-state index in [-0.39, 0.29) is 25.0 Å². The molecule has 1 aromatic carbocycles. The van der Waals surface area contributed by atoms with Crippen LogP contribution in [0.5, 0.6) is 0 Å². The van der Waals surface area contributed by atoms with E-state index in [1.165, 1.54) is 11.9 Å². The van der Waals surface area contributed by atoms with Gasteiger partial charge < -0.3 is 10.6 Å². The number of halogens is 3. The van der Waals surface area contributed by atoms with Gasteiger partial charge in [0.15, 0.2) is 17.5 Å². The summed E-state index contributed by atoms with van der Waals surface area (Å²) in [7, 11) is 1.54. The summed E-state index contributed by atoms with van der Waals surface area (Å²) < 4.78 is 39.3. The molecule has 8 heteroatoms. The van der Waals surface area contributed by atoms with E-state index < -0.39 is 29.0 Å². The number of nitrogens with zero attached hydrogens (tertiary/aromatic N) is 1. The molecule has 0 saturated carbocycles. The Morgan fingerprint density at radius 2 is 1.74 bits per heavy atom. The Balaban J connectivity index is 2.53. The molecule has 0 heterocycles. The van der Waals surface area contributed by atoms with Gasteiger partial charge in [0.05, 0.1) is 18.8 Å². The van der Waals surface area contributed by atoms with Crippen molar-refractivity contribution in [2.45, 2.75) is 26.3 Å². The van der Waals surface area contributed by atoms with Gasteiger partial charge in [-0.15, -0.1) is 0 Å². The van der Waals surface area contributed by atoms with E-state index in [1.807, 2.05) is 13.8 Å². The van der Waals surface area contributed by atoms with E-state index in [2.05, 4.69) is 10.6 Å². The third-order valence-electron chi connectivity index (χ3n) is 3.16. The Morgan fingerprint density at radius 3 is 2.35 bits per heavy atom. The highest BCUT2D eigenvalue weighted by Crippen LogP contribution is 2.19. The number of likely N-dealkylation sites (N-methyl/N-ethyl adjacent to an activating group) is 1. The molecule has 0 aliphatic heterocycles. The molecule has 1 atom stereocenters. The van der Waals surface area contributed by atoms with Crippen molar-refractivity contribution in [2.24, 2.45) is 0 Å². The van der Waals surface area contributed by atoms with Crippen LogP contribution < -0.4 is 10.6 Å². The molecule has 0 aliphatic carbocycles. The molecule has 0 unspecified atom stereocenters. The van der Waals surface area contributed by atoms with Crippen molar-refractivity contribution >= 4 is 17.5 Å². The van der Waals surface area contributed by atoms with Crippen LogP contribution in [0.4, 0.5) is 18.9 Å². The molecule has 128 valence electrons. The Hall–Kier alpha value is -2.09. The van der Waals surface area contributed by atoms with Crippen molar-refractivity contribution in [1.82, 2.24) is 10.2 Å². The smallest absolute Gasteiger partial charge is 0.238 e. The molecule has 0 fully saturated rings. The Kier molecular flexibility index (Phi) is 7.02. The number of hydrogen-bond donors (Lipinski definition) is 2. The lowest BCUT2D eigenvalue weighted by Gasteiger charge is -2.18. The highest BCUT2D eigenvalue weighted by Gasteiger charge is 2.17. The first-order chi connectivity index (χ1) is 10.7. The summed E-state index contributed by atoms with van der Waals surface area (Å²) in [6, 6.07) is 1.68. The van der Waals surface area contributed by atoms with Crippen LogP contribution in [-0.2, 0) is 9.59 Å². The molecule has 2 N–H and O–H groups in total. The van der Waals surface area contributed by atoms with Gasteiger partial charge in [0.25, 0.3) is 0 Å². The number of carbonyl (C=O) groups is 2. The standard InChI is InChI=1S/C15H20F3N3O2/c1-4-9(2)19-12(22)7-21(3)8-13(23)20-11-6-5-10(16)14(17)15(11)18/h5-6,9H,4,7-8H2,1-3H3,(H,19,22)(H,20,23)/t9-/m0/s1. The second-order valence-electron chi connectivity index (χ2n) is 5.32. The zero-order valence-corrected chi connectivity index (χ0v) is 13.3. The van der Waals surface area contributed by atoms with Gasteiger partial charge in [0, 0.05) is 6.04 Å². The quantitative estimate of drug-likeness (QED) is 0.750. The number of carbonyl (C=O) groups excluding carboxylic acids is 2. The second-order valence-corrected chi connectivity index (χ2v) is 5.32. The molecule has 5 nitrogen and oxygen atoms in total. The van der Waals surface area contributed by atoms with E-state index in [0.29, 0.717) is 0 Å². The number of hydrogen-bond acceptors (Lipinski definition) is 3. The van der Waals surface area contributed by atoms with E-state index in [9.17, 15) is 22.8 Å². The molecule has 23 heavy (non-hydrogen) atoms. The van der Waals surface area contributed by atoms with Crippen LogP contribution in [-0.4, -0.2) is 42.9 Å². The van der Waals surface area contributed by atoms with Gasteiger partial charge in [-0.05, 0) is 32.5 Å². The highest BCUT2D eigenvalue weighted by molar-refractivity contribution is 5.92. The molecule has 0 saturated heterocycles. The van der Waals surface area contributed by atoms with Crippen molar-refractivity contribution in [1.29, 1.82) is 0 Å². The van der Waals surface area contributed by atoms with Gasteiger partial charge in [0.1, 0.15) is 0 Å². The number of amides is 2. The van der Waals surface area contributed by atoms with E-state index in [4.69, 9.17) is 0 Å². The Labute approximate surface area is 132 Å². The first-order valence-electron chi connectivity index (χ1n) is 7.15. The van der Waals surface area contributed by atoms with Crippen LogP contribution >= 0.6 is 0 Å². The fourth-order valence-electron chi connectivity index (χ4n) is 1.78. The minimum atomic E-state index is -1.65. The topological polar surface area (TPSA) is 61.4 Å². The van der Waals surface area contributed by atoms with E-state index in [0.717, 1.165) is 18.6 Å². The molecule has 1 aromatic rings. The lowest BCUT2D eigenvalue weighted by atomic mass is 10.2. The number of nitrogens with one attached hydrogen (secondary N) is 2. The predicted molar refractivity (Wildman–Crippen MR) is 80.3 cm³/mol. The summed E-state index contributed by atoms with van der Waals surface area (Å²) in [5.41, 5.74) is -0.452. The lowest BCUT2D eigenvalue weighted by molar-refractivity contribution is -0.123. The first kappa shape index (κ1) is 19.0. The molecular formula is C15H20F3N3O2. The van der Waals surface area contributed by atoms with Gasteiger partial charge in [-0.25, -0.2) is 13.2 Å². The maximum atomic E-state index is 13.4. The van der Waals surface area contributed by atoms with E-state index in [1.54, 1.807) is 0 Å². The molecular weight excluding hydrogens is 311 g/mol. The van der Waals surface area contributed by atoms with Crippen molar-refractivity contribution < 1.29 is 22.8 Å². The largest absolute Gasteiger partial charge is 0.353 e. The molecule has 2 amide bonds. The van der Waals surface area contributed by atoms with E-state index >= 15 is 0 Å². The molecule has 0 aromatic heterocycles. The van der Waals surface area contributed by atoms with Gasteiger partial charge >= 0.3 is 0 Å². The fourth-order valence-corrected chi connectivity index (χ4v) is 1.78. The summed E-state index contributed by atoms with van der Waals surface area (Å²) in [6.45, 7) is 3.57. The zero-order chi connectivity index (χ0) is 17.6. The Bertz CT molecular complexity index is 581. The molecule has 1 rings (SSSR count). The lowest BCUT2D eigenvalue weighted by Crippen LogP contribution is -2.41. The highest BCUT2D eigenvalue weighted by atomic mass is 19.2. The normalized spacial score (nSPS) is 12.1. The third-order valence-corrected chi connectivity index (χ3v) is 3.16. The van der Waals surface area contributed by atoms with Crippen LogP contribution in [0, 0.1) is 17.5 Å². The number of benzene rings is 1. The SMILES string of the molecule is CC[C@H](C)NC(=O)CN(C)CC(=O)Nc1ccc(F)c(F)c1F. The van der Waals surface area contributed by atoms with Crippen molar-refractivity contribution in [3.63, 3.8) is 0 Å². The minimum Gasteiger partial charge on any atom is -0.353 e. The Morgan fingerprint density at radius 1 is 1.13 bits per heavy atom. The molecule has 0 aliphatic rings. The molecule has 0 radical (unpaired) electrons. The van der Waals surface area contributed by atoms with Crippen molar-refractivity contribution in [3.05, 3.63) is 29.6 Å². The summed E-state index contributed by atoms with van der Waals surface area (Å²) in [5, 5.41) is 4.88. The zero-order valence-electron chi connectivity index (χ0n) is 13.3. The van der Waals surface area contributed by atoms with Crippen LogP contribution in [0.3, 0.4) is 0 Å². The summed E-state index contributed by atoms with van der Waals surface area (Å²) in [4.78, 5) is 24.8. The summed E-state index contributed by atoms with van der Waals surface area (Å²) in [6.07, 6.45) is 0.783. The van der Waals surface area contributed by atoms with Crippen molar-refractivity contribution in [3.8, 4) is 0 Å². The van der Waals surface area contributed by atoms with Gasteiger partial charge in [-0.3, -0.25) is 14.5 Å². The second kappa shape index (κ2) is 8.52. The summed E-state index contributed by atoms with van der Waals surface area (Å²) in [5.74, 6) is -5.33. The third kappa shape index (κ3) is 5.90. The number of rotatable bonds is 7. The van der Waals surface area contributed by atoms with Gasteiger partial charge in [-0.2, -0.15) is 0 Å². The van der Waals surface area contributed by atoms with Crippen LogP contribution in [0.25, 0.3) is 0 Å². The molecule has 0 bridgehead atoms. The first-order valence-corrected chi connectivity index (χ1v) is 7.15. The maximum Gasteiger partial charge on any atom is 0.238 e. The average molecular weight is 331 g/mol. The predicted octanol–water partition coefficient (Wildman–Crippen LogP) is 1.89. The summed E-state index contributed by atoms with van der Waals surface area (Å²) >= 11 is 0. The molecule has 0 spiro atoms. The minimum absolute atomic E-state index is 0.0159. The average Bonchev–Trinajstić information content (AvgIpc) is 2.47. The van der Waals surface area contributed by atoms with Gasteiger partial charge in [-0.1, -0.05) is 6.92 Å². The fraction of sp³-hybridized carbons (Fsp3) is 0.467. The van der Waals surface area contributed by atoms with Gasteiger partial charge in [0.2, 0.25) is 11.8 Å². The maximum absolute atomic E-state index is 13.4. The van der Waals surface area contributed by atoms with Crippen LogP contribution in [0.2, 0.25) is 0 Å². The van der Waals surface area contributed by atoms with Crippen LogP contribution in [0.1, 0.15) is 20.3 Å². The van der Waals surface area contributed by atoms with Crippen LogP contribution in [0.15, 0.2) is 12.1 Å². The number of anilines is 1. The monoisotopic (exact) mass is 331 g/mol. The van der Waals surface area contributed by atoms with Crippen molar-refractivity contribution in [2.75, 3.05) is 25.5 Å².